The maximum atomic E-state index is 13.5. The SMILES string of the molecule is CC(C)(C)N1CCN(S(=O)(=O)c2ccccc2C(F)(F)F)C(c2cccc(Br)c2)C1. The number of halogens is 4. The first-order valence-electron chi connectivity index (χ1n) is 9.50. The third-order valence-corrected chi connectivity index (χ3v) is 7.75. The van der Waals surface area contributed by atoms with Crippen LogP contribution in [-0.4, -0.2) is 42.8 Å². The van der Waals surface area contributed by atoms with Crippen LogP contribution in [0, 0.1) is 0 Å². The normalized spacial score (nSPS) is 19.8. The van der Waals surface area contributed by atoms with Crippen molar-refractivity contribution in [3.05, 3.63) is 64.1 Å². The fourth-order valence-electron chi connectivity index (χ4n) is 3.70. The van der Waals surface area contributed by atoms with E-state index in [2.05, 4.69) is 20.8 Å². The number of piperazine rings is 1. The van der Waals surface area contributed by atoms with Gasteiger partial charge in [-0.05, 0) is 50.6 Å². The Labute approximate surface area is 183 Å². The average Bonchev–Trinajstić information content (AvgIpc) is 2.66. The Kier molecular flexibility index (Phi) is 6.40. The Balaban J connectivity index is 2.11. The van der Waals surface area contributed by atoms with Crippen LogP contribution in [0.4, 0.5) is 13.2 Å². The van der Waals surface area contributed by atoms with Gasteiger partial charge in [-0.1, -0.05) is 40.2 Å². The van der Waals surface area contributed by atoms with E-state index in [0.29, 0.717) is 13.1 Å². The Hall–Kier alpha value is -1.42. The van der Waals surface area contributed by atoms with Crippen molar-refractivity contribution < 1.29 is 21.6 Å². The van der Waals surface area contributed by atoms with Gasteiger partial charge in [-0.15, -0.1) is 0 Å². The Morgan fingerprint density at radius 3 is 2.27 bits per heavy atom. The summed E-state index contributed by atoms with van der Waals surface area (Å²) >= 11 is 3.41. The highest BCUT2D eigenvalue weighted by atomic mass is 79.9. The van der Waals surface area contributed by atoms with Gasteiger partial charge in [-0.25, -0.2) is 8.42 Å². The molecule has 0 bridgehead atoms. The number of sulfonamides is 1. The highest BCUT2D eigenvalue weighted by Gasteiger charge is 2.43. The highest BCUT2D eigenvalue weighted by molar-refractivity contribution is 9.10. The summed E-state index contributed by atoms with van der Waals surface area (Å²) in [4.78, 5) is 1.45. The highest BCUT2D eigenvalue weighted by Crippen LogP contribution is 2.39. The van der Waals surface area contributed by atoms with Gasteiger partial charge in [0.2, 0.25) is 10.0 Å². The molecule has 0 amide bonds. The summed E-state index contributed by atoms with van der Waals surface area (Å²) in [7, 11) is -4.38. The molecule has 0 radical (unpaired) electrons. The van der Waals surface area contributed by atoms with Gasteiger partial charge in [-0.3, -0.25) is 4.90 Å². The standard InChI is InChI=1S/C21H24BrF3N2O2S/c1-20(2,3)26-11-12-27(18(14-26)15-7-6-8-16(22)13-15)30(28,29)19-10-5-4-9-17(19)21(23,24)25/h4-10,13,18H,11-12,14H2,1-3H3. The van der Waals surface area contributed by atoms with Gasteiger partial charge in [0.05, 0.1) is 16.5 Å². The van der Waals surface area contributed by atoms with E-state index in [0.717, 1.165) is 22.2 Å². The Morgan fingerprint density at radius 1 is 1.00 bits per heavy atom. The third-order valence-electron chi connectivity index (χ3n) is 5.29. The average molecular weight is 505 g/mol. The molecule has 30 heavy (non-hydrogen) atoms. The van der Waals surface area contributed by atoms with Gasteiger partial charge in [0.15, 0.2) is 0 Å². The van der Waals surface area contributed by atoms with E-state index in [9.17, 15) is 21.6 Å². The van der Waals surface area contributed by atoms with Gasteiger partial charge in [-0.2, -0.15) is 17.5 Å². The molecular formula is C21H24BrF3N2O2S. The lowest BCUT2D eigenvalue weighted by atomic mass is 9.99. The van der Waals surface area contributed by atoms with Gasteiger partial charge < -0.3 is 0 Å². The second-order valence-electron chi connectivity index (χ2n) is 8.30. The third kappa shape index (κ3) is 4.74. The lowest BCUT2D eigenvalue weighted by Gasteiger charge is -2.46. The van der Waals surface area contributed by atoms with Crippen molar-refractivity contribution in [1.29, 1.82) is 0 Å². The maximum absolute atomic E-state index is 13.5. The Bertz CT molecular complexity index is 1020. The van der Waals surface area contributed by atoms with E-state index >= 15 is 0 Å². The first kappa shape index (κ1) is 23.2. The molecular weight excluding hydrogens is 481 g/mol. The molecule has 9 heteroatoms. The topological polar surface area (TPSA) is 40.6 Å². The van der Waals surface area contributed by atoms with Crippen molar-refractivity contribution in [1.82, 2.24) is 9.21 Å². The van der Waals surface area contributed by atoms with E-state index in [1.165, 1.54) is 16.4 Å². The van der Waals surface area contributed by atoms with E-state index in [1.807, 2.05) is 32.9 Å². The summed E-state index contributed by atoms with van der Waals surface area (Å²) in [5.41, 5.74) is -0.619. The lowest BCUT2D eigenvalue weighted by Crippen LogP contribution is -2.56. The molecule has 0 spiro atoms. The van der Waals surface area contributed by atoms with Crippen LogP contribution in [0.3, 0.4) is 0 Å². The first-order valence-corrected chi connectivity index (χ1v) is 11.7. The fourth-order valence-corrected chi connectivity index (χ4v) is 5.93. The zero-order chi connectivity index (χ0) is 22.3. The predicted octanol–water partition coefficient (Wildman–Crippen LogP) is 5.31. The number of alkyl halides is 3. The van der Waals surface area contributed by atoms with Crippen LogP contribution < -0.4 is 0 Å². The van der Waals surface area contributed by atoms with Crippen molar-refractivity contribution in [2.75, 3.05) is 19.6 Å². The monoisotopic (exact) mass is 504 g/mol. The number of hydrogen-bond donors (Lipinski definition) is 0. The van der Waals surface area contributed by atoms with Crippen LogP contribution in [0.15, 0.2) is 57.9 Å². The minimum absolute atomic E-state index is 0.100. The summed E-state index contributed by atoms with van der Waals surface area (Å²) < 4.78 is 69.6. The molecule has 1 heterocycles. The molecule has 0 aliphatic carbocycles. The summed E-state index contributed by atoms with van der Waals surface area (Å²) in [5, 5.41) is 0. The zero-order valence-electron chi connectivity index (χ0n) is 16.9. The molecule has 3 rings (SSSR count). The van der Waals surface area contributed by atoms with E-state index in [1.54, 1.807) is 12.1 Å². The summed E-state index contributed by atoms with van der Waals surface area (Å²) in [6.07, 6.45) is -4.76. The molecule has 0 saturated carbocycles. The fraction of sp³-hybridized carbons (Fsp3) is 0.429. The lowest BCUT2D eigenvalue weighted by molar-refractivity contribution is -0.139. The van der Waals surface area contributed by atoms with Gasteiger partial charge >= 0.3 is 6.18 Å². The summed E-state index contributed by atoms with van der Waals surface area (Å²) in [6, 6.07) is 11.0. The second kappa shape index (κ2) is 8.26. The minimum Gasteiger partial charge on any atom is -0.295 e. The molecule has 2 aromatic rings. The molecule has 164 valence electrons. The maximum Gasteiger partial charge on any atom is 0.417 e. The van der Waals surface area contributed by atoms with Gasteiger partial charge in [0.25, 0.3) is 0 Å². The van der Waals surface area contributed by atoms with Crippen molar-refractivity contribution in [2.24, 2.45) is 0 Å². The van der Waals surface area contributed by atoms with Gasteiger partial charge in [0, 0.05) is 29.6 Å². The van der Waals surface area contributed by atoms with E-state index in [-0.39, 0.29) is 12.1 Å². The van der Waals surface area contributed by atoms with Crippen LogP contribution >= 0.6 is 15.9 Å². The zero-order valence-corrected chi connectivity index (χ0v) is 19.4. The molecule has 1 aliphatic rings. The Morgan fingerprint density at radius 2 is 1.67 bits per heavy atom. The largest absolute Gasteiger partial charge is 0.417 e. The van der Waals surface area contributed by atoms with Crippen LogP contribution in [0.1, 0.15) is 37.9 Å². The van der Waals surface area contributed by atoms with Crippen LogP contribution in [-0.2, 0) is 16.2 Å². The van der Waals surface area contributed by atoms with Crippen molar-refractivity contribution in [2.45, 2.75) is 43.4 Å². The first-order chi connectivity index (χ1) is 13.8. The molecule has 0 N–H and O–H groups in total. The van der Waals surface area contributed by atoms with Crippen molar-refractivity contribution >= 4 is 26.0 Å². The molecule has 4 nitrogen and oxygen atoms in total. The number of benzene rings is 2. The molecule has 1 fully saturated rings. The van der Waals surface area contributed by atoms with E-state index in [4.69, 9.17) is 0 Å². The summed E-state index contributed by atoms with van der Waals surface area (Å²) in [6.45, 7) is 7.02. The molecule has 2 aromatic carbocycles. The van der Waals surface area contributed by atoms with Crippen LogP contribution in [0.2, 0.25) is 0 Å². The quantitative estimate of drug-likeness (QED) is 0.568. The molecule has 1 atom stereocenters. The number of nitrogens with zero attached hydrogens (tertiary/aromatic N) is 2. The molecule has 1 saturated heterocycles. The number of hydrogen-bond acceptors (Lipinski definition) is 3. The summed E-state index contributed by atoms with van der Waals surface area (Å²) in [5.74, 6) is 0. The number of rotatable bonds is 3. The molecule has 1 aliphatic heterocycles. The van der Waals surface area contributed by atoms with Crippen LogP contribution in [0.5, 0.6) is 0 Å². The second-order valence-corrected chi connectivity index (χ2v) is 11.1. The predicted molar refractivity (Wildman–Crippen MR) is 114 cm³/mol. The van der Waals surface area contributed by atoms with Gasteiger partial charge in [0.1, 0.15) is 0 Å². The van der Waals surface area contributed by atoms with E-state index < -0.39 is 32.7 Å². The molecule has 0 aromatic heterocycles. The van der Waals surface area contributed by atoms with Crippen molar-refractivity contribution in [3.8, 4) is 0 Å². The van der Waals surface area contributed by atoms with Crippen LogP contribution in [0.25, 0.3) is 0 Å². The smallest absolute Gasteiger partial charge is 0.295 e. The molecule has 1 unspecified atom stereocenters. The minimum atomic E-state index is -4.76. The van der Waals surface area contributed by atoms with Crippen molar-refractivity contribution in [3.63, 3.8) is 0 Å².